The van der Waals surface area contributed by atoms with Crippen molar-refractivity contribution in [2.24, 2.45) is 0 Å². The van der Waals surface area contributed by atoms with Crippen molar-refractivity contribution in [2.75, 3.05) is 40.4 Å². The summed E-state index contributed by atoms with van der Waals surface area (Å²) in [6, 6.07) is 0. The molecule has 12 heteroatoms. The van der Waals surface area contributed by atoms with Crippen LogP contribution in [0, 0.1) is 0 Å². The molecule has 3 rings (SSSR count). The Morgan fingerprint density at radius 3 is 2.57 bits per heavy atom. The molecule has 37 heavy (non-hydrogen) atoms. The summed E-state index contributed by atoms with van der Waals surface area (Å²) < 4.78 is 27.0. The van der Waals surface area contributed by atoms with Gasteiger partial charge in [0.05, 0.1) is 13.3 Å². The summed E-state index contributed by atoms with van der Waals surface area (Å²) in [5.41, 5.74) is 0.599. The number of aliphatic hydroxyl groups is 1. The summed E-state index contributed by atoms with van der Waals surface area (Å²) in [7, 11) is 3.41. The number of aromatic nitrogens is 1. The number of hydrogen-bond acceptors (Lipinski definition) is 7. The summed E-state index contributed by atoms with van der Waals surface area (Å²) in [6.45, 7) is 2.12. The maximum Gasteiger partial charge on any atom is 0.288 e. The minimum absolute atomic E-state index is 0.0143. The molecule has 4 N–H and O–H groups in total. The zero-order chi connectivity index (χ0) is 27.5. The van der Waals surface area contributed by atoms with Crippen molar-refractivity contribution >= 4 is 11.8 Å². The Hall–Kier alpha value is -3.35. The van der Waals surface area contributed by atoms with Crippen LogP contribution in [0.5, 0.6) is 5.75 Å². The lowest BCUT2D eigenvalue weighted by Gasteiger charge is -2.38. The molecule has 1 aromatic heterocycles. The maximum atomic E-state index is 13.2. The summed E-state index contributed by atoms with van der Waals surface area (Å²) in [5.74, 6) is -1.61. The number of hydrogen-bond donors (Lipinski definition) is 4. The molecule has 0 aromatic carbocycles. The highest BCUT2D eigenvalue weighted by molar-refractivity contribution is 5.95. The van der Waals surface area contributed by atoms with E-state index in [4.69, 9.17) is 5.11 Å². The first kappa shape index (κ1) is 29.9. The van der Waals surface area contributed by atoms with Crippen LogP contribution in [0.3, 0.4) is 0 Å². The van der Waals surface area contributed by atoms with Crippen LogP contribution in [0.2, 0.25) is 0 Å². The molecule has 2 aliphatic rings. The number of amides is 2. The van der Waals surface area contributed by atoms with Crippen molar-refractivity contribution in [1.29, 1.82) is 0 Å². The predicted octanol–water partition coefficient (Wildman–Crippen LogP) is 1.51. The minimum Gasteiger partial charge on any atom is -0.503 e. The molecule has 0 spiro atoms. The third-order valence-corrected chi connectivity index (χ3v) is 5.83. The molecule has 1 aromatic rings. The second kappa shape index (κ2) is 14.4. The number of hydrazine groups is 1. The average Bonchev–Trinajstić information content (AvgIpc) is 3.05. The fourth-order valence-corrected chi connectivity index (χ4v) is 3.84. The number of allylic oxidation sites excluding steroid dienone is 6. The van der Waals surface area contributed by atoms with Gasteiger partial charge in [-0.3, -0.25) is 19.4 Å². The normalized spacial score (nSPS) is 15.6. The highest BCUT2D eigenvalue weighted by atomic mass is 19.1. The number of carbonyl (C=O) groups excluding carboxylic acids is 2. The lowest BCUT2D eigenvalue weighted by atomic mass is 10.1. The van der Waals surface area contributed by atoms with Gasteiger partial charge in [0.25, 0.3) is 5.91 Å². The Balaban J connectivity index is 0.000000281. The predicted molar refractivity (Wildman–Crippen MR) is 135 cm³/mol. The van der Waals surface area contributed by atoms with Gasteiger partial charge in [0, 0.05) is 45.2 Å². The largest absolute Gasteiger partial charge is 0.503 e. The molecular formula is C25H35F2N5O5. The van der Waals surface area contributed by atoms with E-state index < -0.39 is 30.4 Å². The van der Waals surface area contributed by atoms with E-state index in [1.54, 1.807) is 11.1 Å². The number of halogens is 2. The van der Waals surface area contributed by atoms with Gasteiger partial charge in [0.1, 0.15) is 12.5 Å². The van der Waals surface area contributed by atoms with E-state index in [1.807, 2.05) is 13.1 Å². The van der Waals surface area contributed by atoms with Crippen LogP contribution in [0.1, 0.15) is 42.2 Å². The van der Waals surface area contributed by atoms with Crippen molar-refractivity contribution in [2.45, 2.75) is 39.5 Å². The van der Waals surface area contributed by atoms with Crippen LogP contribution in [-0.2, 0) is 18.1 Å². The zero-order valence-electron chi connectivity index (χ0n) is 21.4. The number of rotatable bonds is 9. The minimum atomic E-state index is -0.748. The Kier molecular flexibility index (Phi) is 11.6. The van der Waals surface area contributed by atoms with Crippen molar-refractivity contribution in [3.05, 3.63) is 62.9 Å². The summed E-state index contributed by atoms with van der Waals surface area (Å²) >= 11 is 0. The lowest BCUT2D eigenvalue weighted by Crippen LogP contribution is -2.52. The van der Waals surface area contributed by atoms with E-state index in [0.717, 1.165) is 25.0 Å². The molecule has 10 nitrogen and oxygen atoms in total. The molecule has 0 radical (unpaired) electrons. The Morgan fingerprint density at radius 1 is 1.22 bits per heavy atom. The average molecular weight is 524 g/mol. The van der Waals surface area contributed by atoms with E-state index in [0.29, 0.717) is 25.1 Å². The summed E-state index contributed by atoms with van der Waals surface area (Å²) in [4.78, 5) is 35.0. The second-order valence-electron chi connectivity index (χ2n) is 8.67. The van der Waals surface area contributed by atoms with Crippen LogP contribution < -0.4 is 16.1 Å². The van der Waals surface area contributed by atoms with E-state index in [-0.39, 0.29) is 29.7 Å². The quantitative estimate of drug-likeness (QED) is 0.362. The molecule has 1 aliphatic carbocycles. The van der Waals surface area contributed by atoms with E-state index >= 15 is 0 Å². The van der Waals surface area contributed by atoms with E-state index in [9.17, 15) is 28.3 Å². The highest BCUT2D eigenvalue weighted by Gasteiger charge is 2.31. The lowest BCUT2D eigenvalue weighted by molar-refractivity contribution is -0.119. The molecule has 2 amide bonds. The molecule has 0 saturated carbocycles. The Labute approximate surface area is 214 Å². The molecule has 204 valence electrons. The van der Waals surface area contributed by atoms with Crippen LogP contribution in [0.25, 0.3) is 0 Å². The maximum absolute atomic E-state index is 13.2. The molecule has 0 atom stereocenters. The van der Waals surface area contributed by atoms with Gasteiger partial charge in [-0.2, -0.15) is 5.01 Å². The fourth-order valence-electron chi connectivity index (χ4n) is 3.84. The highest BCUT2D eigenvalue weighted by Crippen LogP contribution is 2.23. The van der Waals surface area contributed by atoms with Crippen LogP contribution >= 0.6 is 0 Å². The van der Waals surface area contributed by atoms with E-state index in [2.05, 4.69) is 10.6 Å². The van der Waals surface area contributed by atoms with Gasteiger partial charge in [-0.05, 0) is 38.1 Å². The topological polar surface area (TPSA) is 127 Å². The number of pyridine rings is 1. The number of carbonyl (C=O) groups is 2. The third-order valence-electron chi connectivity index (χ3n) is 5.83. The zero-order valence-corrected chi connectivity index (χ0v) is 21.4. The van der Waals surface area contributed by atoms with Gasteiger partial charge in [-0.1, -0.05) is 17.7 Å². The number of aliphatic hydroxyl groups excluding tert-OH is 1. The monoisotopic (exact) mass is 523 g/mol. The van der Waals surface area contributed by atoms with Crippen LogP contribution in [0.4, 0.5) is 8.78 Å². The number of aromatic hydroxyl groups is 1. The molecule has 1 aliphatic heterocycles. The second-order valence-corrected chi connectivity index (χ2v) is 8.67. The van der Waals surface area contributed by atoms with E-state index in [1.165, 1.54) is 35.8 Å². The number of alkyl halides is 1. The standard InChI is InChI=1S/C13H18N4O5.C12H17F2N/c1-8(19)14-3-4-17-7-16-5-9(6-18)11(20)12(21)10(16)13(22)15(17)2;1-15-6-2-3-10-4-5-11(9-13)8-12(14)7-10/h5,18,21H,3-4,6-7H2,1-2H3,(H,14,19);4-5,8,15H,2-3,6-7,9H2,1H3. The first-order chi connectivity index (χ1) is 17.6. The molecular weight excluding hydrogens is 488 g/mol. The van der Waals surface area contributed by atoms with Crippen molar-refractivity contribution in [3.8, 4) is 5.75 Å². The molecule has 2 heterocycles. The summed E-state index contributed by atoms with van der Waals surface area (Å²) in [6.07, 6.45) is 8.32. The molecule has 0 saturated heterocycles. The van der Waals surface area contributed by atoms with Crippen LogP contribution in [-0.4, -0.2) is 77.0 Å². The van der Waals surface area contributed by atoms with Gasteiger partial charge >= 0.3 is 0 Å². The smallest absolute Gasteiger partial charge is 0.288 e. The SMILES string of the molecule is CC(=O)NCCN1Cn2cc(CO)c(=O)c(O)c2C(=O)N1C.CNCCCC1=CC=C(CF)C=C(F)C1. The molecule has 0 bridgehead atoms. The van der Waals surface area contributed by atoms with Crippen LogP contribution in [0.15, 0.2) is 46.2 Å². The fraction of sp³-hybridized carbons (Fsp3) is 0.480. The molecule has 0 unspecified atom stereocenters. The molecule has 0 fully saturated rings. The first-order valence-corrected chi connectivity index (χ1v) is 11.9. The van der Waals surface area contributed by atoms with Gasteiger partial charge < -0.3 is 25.4 Å². The first-order valence-electron chi connectivity index (χ1n) is 11.9. The number of fused-ring (bicyclic) bond motifs is 1. The van der Waals surface area contributed by atoms with Gasteiger partial charge in [-0.15, -0.1) is 0 Å². The van der Waals surface area contributed by atoms with Crippen molar-refractivity contribution in [3.63, 3.8) is 0 Å². The van der Waals surface area contributed by atoms with Crippen molar-refractivity contribution < 1.29 is 28.6 Å². The third kappa shape index (κ3) is 8.34. The number of nitrogens with zero attached hydrogens (tertiary/aromatic N) is 3. The van der Waals surface area contributed by atoms with Gasteiger partial charge in [0.2, 0.25) is 11.3 Å². The Morgan fingerprint density at radius 2 is 1.95 bits per heavy atom. The van der Waals surface area contributed by atoms with Gasteiger partial charge in [0.15, 0.2) is 11.4 Å². The number of nitrogens with one attached hydrogen (secondary N) is 2. The van der Waals surface area contributed by atoms with Gasteiger partial charge in [-0.25, -0.2) is 8.78 Å². The van der Waals surface area contributed by atoms with Crippen molar-refractivity contribution in [1.82, 2.24) is 25.2 Å². The Bertz CT molecular complexity index is 1130. The summed E-state index contributed by atoms with van der Waals surface area (Å²) in [5, 5.41) is 27.7.